The molecule has 2 N–H and O–H groups in total. The number of hydrogen-bond acceptors (Lipinski definition) is 3. The lowest BCUT2D eigenvalue weighted by Gasteiger charge is -2.19. The Balaban J connectivity index is 2.55. The third kappa shape index (κ3) is 1.35. The molecule has 0 aromatic heterocycles. The van der Waals surface area contributed by atoms with E-state index >= 15 is 0 Å². The fraction of sp³-hybridized carbons (Fsp3) is 0.364. The summed E-state index contributed by atoms with van der Waals surface area (Å²) < 4.78 is 5.31. The lowest BCUT2D eigenvalue weighted by molar-refractivity contribution is 0.408. The Kier molecular flexibility index (Phi) is 2.39. The molecule has 0 unspecified atom stereocenters. The number of rotatable bonds is 1. The summed E-state index contributed by atoms with van der Waals surface area (Å²) in [7, 11) is 1.70. The smallest absolute Gasteiger partial charge is 0.122 e. The number of nitrogens with zero attached hydrogens (tertiary/aromatic N) is 1. The van der Waals surface area contributed by atoms with Gasteiger partial charge in [0.1, 0.15) is 5.75 Å². The van der Waals surface area contributed by atoms with Gasteiger partial charge in [-0.3, -0.25) is 0 Å². The first-order valence-electron chi connectivity index (χ1n) is 4.80. The summed E-state index contributed by atoms with van der Waals surface area (Å²) in [5.74, 6) is 6.30. The molecule has 0 saturated heterocycles. The number of fused-ring (bicyclic) bond motifs is 1. The summed E-state index contributed by atoms with van der Waals surface area (Å²) >= 11 is 0. The SMILES string of the molecule is COc1cccc2c1CCC/C2=N/N. The van der Waals surface area contributed by atoms with Gasteiger partial charge >= 0.3 is 0 Å². The Morgan fingerprint density at radius 1 is 1.36 bits per heavy atom. The van der Waals surface area contributed by atoms with Crippen molar-refractivity contribution in [2.45, 2.75) is 19.3 Å². The summed E-state index contributed by atoms with van der Waals surface area (Å²) in [5, 5.41) is 3.83. The van der Waals surface area contributed by atoms with E-state index in [1.54, 1.807) is 7.11 Å². The van der Waals surface area contributed by atoms with E-state index in [2.05, 4.69) is 11.2 Å². The Morgan fingerprint density at radius 3 is 2.93 bits per heavy atom. The quantitative estimate of drug-likeness (QED) is 0.541. The van der Waals surface area contributed by atoms with E-state index in [4.69, 9.17) is 10.6 Å². The minimum absolute atomic E-state index is 0.948. The van der Waals surface area contributed by atoms with E-state index < -0.39 is 0 Å². The van der Waals surface area contributed by atoms with Crippen LogP contribution in [0.15, 0.2) is 23.3 Å². The first-order chi connectivity index (χ1) is 6.86. The molecule has 0 spiro atoms. The molecule has 0 bridgehead atoms. The second-order valence-electron chi connectivity index (χ2n) is 3.42. The van der Waals surface area contributed by atoms with Crippen molar-refractivity contribution in [2.75, 3.05) is 7.11 Å². The van der Waals surface area contributed by atoms with Gasteiger partial charge in [0.25, 0.3) is 0 Å². The van der Waals surface area contributed by atoms with Crippen LogP contribution < -0.4 is 10.6 Å². The molecule has 3 heteroatoms. The molecule has 2 rings (SSSR count). The monoisotopic (exact) mass is 190 g/mol. The molecule has 1 aromatic carbocycles. The van der Waals surface area contributed by atoms with Gasteiger partial charge in [0.2, 0.25) is 0 Å². The molecular formula is C11H14N2O. The van der Waals surface area contributed by atoms with Gasteiger partial charge in [0, 0.05) is 11.1 Å². The molecule has 1 aliphatic rings. The summed E-state index contributed by atoms with van der Waals surface area (Å²) in [5.41, 5.74) is 3.38. The first-order valence-corrected chi connectivity index (χ1v) is 4.80. The number of hydrazone groups is 1. The Bertz CT molecular complexity index is 372. The maximum absolute atomic E-state index is 5.36. The first kappa shape index (κ1) is 9.06. The largest absolute Gasteiger partial charge is 0.496 e. The highest BCUT2D eigenvalue weighted by Crippen LogP contribution is 2.29. The summed E-state index contributed by atoms with van der Waals surface area (Å²) in [4.78, 5) is 0. The molecule has 0 radical (unpaired) electrons. The van der Waals surface area contributed by atoms with Crippen LogP contribution in [0, 0.1) is 0 Å². The predicted molar refractivity (Wildman–Crippen MR) is 56.7 cm³/mol. The van der Waals surface area contributed by atoms with Crippen LogP contribution >= 0.6 is 0 Å². The maximum Gasteiger partial charge on any atom is 0.122 e. The van der Waals surface area contributed by atoms with Crippen LogP contribution in [0.25, 0.3) is 0 Å². The number of ether oxygens (including phenoxy) is 1. The van der Waals surface area contributed by atoms with Gasteiger partial charge in [-0.05, 0) is 25.3 Å². The second-order valence-corrected chi connectivity index (χ2v) is 3.42. The van der Waals surface area contributed by atoms with Gasteiger partial charge in [-0.25, -0.2) is 0 Å². The van der Waals surface area contributed by atoms with Gasteiger partial charge in [-0.1, -0.05) is 12.1 Å². The molecule has 3 nitrogen and oxygen atoms in total. The molecule has 74 valence electrons. The van der Waals surface area contributed by atoms with E-state index in [0.29, 0.717) is 0 Å². The van der Waals surface area contributed by atoms with Crippen LogP contribution in [-0.2, 0) is 6.42 Å². The maximum atomic E-state index is 5.36. The summed E-state index contributed by atoms with van der Waals surface area (Å²) in [6.45, 7) is 0. The van der Waals surface area contributed by atoms with Gasteiger partial charge < -0.3 is 10.6 Å². The van der Waals surface area contributed by atoms with Crippen LogP contribution in [0.4, 0.5) is 0 Å². The van der Waals surface area contributed by atoms with E-state index in [9.17, 15) is 0 Å². The fourth-order valence-electron chi connectivity index (χ4n) is 1.99. The molecule has 0 saturated carbocycles. The van der Waals surface area contributed by atoms with Gasteiger partial charge in [0.15, 0.2) is 0 Å². The average molecular weight is 190 g/mol. The van der Waals surface area contributed by atoms with Crippen molar-refractivity contribution >= 4 is 5.71 Å². The molecule has 0 amide bonds. The van der Waals surface area contributed by atoms with Crippen LogP contribution in [0.5, 0.6) is 5.75 Å². The normalized spacial score (nSPS) is 17.9. The highest BCUT2D eigenvalue weighted by atomic mass is 16.5. The minimum atomic E-state index is 0.948. The molecule has 14 heavy (non-hydrogen) atoms. The standard InChI is InChI=1S/C11H14N2O/c1-14-11-7-3-4-8-9(11)5-2-6-10(8)13-12/h3-4,7H,2,5-6,12H2,1H3/b13-10-. The number of benzene rings is 1. The summed E-state index contributed by atoms with van der Waals surface area (Å²) in [6.07, 6.45) is 3.12. The average Bonchev–Trinajstić information content (AvgIpc) is 2.27. The molecule has 1 aliphatic carbocycles. The minimum Gasteiger partial charge on any atom is -0.496 e. The Morgan fingerprint density at radius 2 is 2.21 bits per heavy atom. The predicted octanol–water partition coefficient (Wildman–Crippen LogP) is 1.69. The van der Waals surface area contributed by atoms with E-state index in [-0.39, 0.29) is 0 Å². The molecule has 0 atom stereocenters. The van der Waals surface area contributed by atoms with Gasteiger partial charge in [-0.2, -0.15) is 5.10 Å². The molecule has 0 fully saturated rings. The van der Waals surface area contributed by atoms with E-state index in [0.717, 1.165) is 36.3 Å². The zero-order chi connectivity index (χ0) is 9.97. The molecule has 0 heterocycles. The van der Waals surface area contributed by atoms with E-state index in [1.807, 2.05) is 12.1 Å². The highest BCUT2D eigenvalue weighted by molar-refractivity contribution is 6.03. The zero-order valence-corrected chi connectivity index (χ0v) is 8.29. The van der Waals surface area contributed by atoms with Gasteiger partial charge in [-0.15, -0.1) is 0 Å². The molecule has 0 aliphatic heterocycles. The van der Waals surface area contributed by atoms with Crippen molar-refractivity contribution in [3.8, 4) is 5.75 Å². The van der Waals surface area contributed by atoms with E-state index in [1.165, 1.54) is 5.56 Å². The van der Waals surface area contributed by atoms with Crippen molar-refractivity contribution in [3.05, 3.63) is 29.3 Å². The second kappa shape index (κ2) is 3.70. The number of nitrogens with two attached hydrogens (primary N) is 1. The van der Waals surface area contributed by atoms with Crippen molar-refractivity contribution in [1.29, 1.82) is 0 Å². The number of methoxy groups -OCH3 is 1. The van der Waals surface area contributed by atoms with Crippen molar-refractivity contribution < 1.29 is 4.74 Å². The highest BCUT2D eigenvalue weighted by Gasteiger charge is 2.18. The third-order valence-electron chi connectivity index (χ3n) is 2.66. The van der Waals surface area contributed by atoms with Crippen LogP contribution in [0.1, 0.15) is 24.0 Å². The lowest BCUT2D eigenvalue weighted by atomic mass is 9.89. The van der Waals surface area contributed by atoms with Crippen LogP contribution in [0.2, 0.25) is 0 Å². The van der Waals surface area contributed by atoms with Crippen LogP contribution in [-0.4, -0.2) is 12.8 Å². The number of hydrogen-bond donors (Lipinski definition) is 1. The molecular weight excluding hydrogens is 176 g/mol. The lowest BCUT2D eigenvalue weighted by Crippen LogP contribution is -2.14. The Labute approximate surface area is 83.6 Å². The third-order valence-corrected chi connectivity index (χ3v) is 2.66. The van der Waals surface area contributed by atoms with Crippen LogP contribution in [0.3, 0.4) is 0 Å². The zero-order valence-electron chi connectivity index (χ0n) is 8.29. The summed E-state index contributed by atoms with van der Waals surface area (Å²) in [6, 6.07) is 6.02. The van der Waals surface area contributed by atoms with Gasteiger partial charge in [0.05, 0.1) is 12.8 Å². The fourth-order valence-corrected chi connectivity index (χ4v) is 1.99. The van der Waals surface area contributed by atoms with Crippen molar-refractivity contribution in [2.24, 2.45) is 10.9 Å². The van der Waals surface area contributed by atoms with Crippen molar-refractivity contribution in [3.63, 3.8) is 0 Å². The Hall–Kier alpha value is -1.51. The molecule has 1 aromatic rings. The van der Waals surface area contributed by atoms with Crippen molar-refractivity contribution in [1.82, 2.24) is 0 Å². The topological polar surface area (TPSA) is 47.6 Å².